The van der Waals surface area contributed by atoms with Crippen LogP contribution in [0.5, 0.6) is 0 Å². The zero-order chi connectivity index (χ0) is 8.48. The molecule has 1 rings (SSSR count). The highest BCUT2D eigenvalue weighted by Gasteiger charge is 2.33. The summed E-state index contributed by atoms with van der Waals surface area (Å²) >= 11 is 0. The predicted molar refractivity (Wildman–Crippen MR) is 46.3 cm³/mol. The summed E-state index contributed by atoms with van der Waals surface area (Å²) in [5, 5.41) is 0. The van der Waals surface area contributed by atoms with Crippen molar-refractivity contribution in [3.63, 3.8) is 0 Å². The molecule has 0 amide bonds. The number of hydrogen-bond acceptors (Lipinski definition) is 1. The van der Waals surface area contributed by atoms with E-state index in [1.165, 1.54) is 0 Å². The van der Waals surface area contributed by atoms with Crippen molar-refractivity contribution in [3.05, 3.63) is 12.2 Å². The summed E-state index contributed by atoms with van der Waals surface area (Å²) < 4.78 is 0. The molecule has 0 saturated carbocycles. The summed E-state index contributed by atoms with van der Waals surface area (Å²) in [6.07, 6.45) is 6.36. The van der Waals surface area contributed by atoms with Crippen molar-refractivity contribution in [1.29, 1.82) is 0 Å². The topological polar surface area (TPSA) is 17.1 Å². The van der Waals surface area contributed by atoms with E-state index in [0.717, 1.165) is 12.7 Å². The van der Waals surface area contributed by atoms with Gasteiger partial charge in [0.15, 0.2) is 0 Å². The maximum absolute atomic E-state index is 10.8. The van der Waals surface area contributed by atoms with Crippen LogP contribution in [-0.4, -0.2) is 6.29 Å². The average Bonchev–Trinajstić information content (AvgIpc) is 2.00. The maximum atomic E-state index is 10.8. The molecule has 62 valence electrons. The van der Waals surface area contributed by atoms with E-state index in [9.17, 15) is 4.79 Å². The summed E-state index contributed by atoms with van der Waals surface area (Å²) in [5.41, 5.74) is -0.211. The molecule has 1 aliphatic rings. The number of hydrogen-bond donors (Lipinski definition) is 0. The predicted octanol–water partition coefficient (Wildman–Crippen LogP) is 2.42. The molecule has 0 radical (unpaired) electrons. The van der Waals surface area contributed by atoms with E-state index in [4.69, 9.17) is 0 Å². The lowest BCUT2D eigenvalue weighted by molar-refractivity contribution is -0.116. The first kappa shape index (κ1) is 8.51. The fraction of sp³-hybridized carbons (Fsp3) is 0.700. The minimum atomic E-state index is -0.211. The van der Waals surface area contributed by atoms with Crippen molar-refractivity contribution in [2.24, 2.45) is 17.3 Å². The lowest BCUT2D eigenvalue weighted by Crippen LogP contribution is -2.32. The Bertz CT molecular complexity index is 183. The molecule has 3 unspecified atom stereocenters. The van der Waals surface area contributed by atoms with Crippen LogP contribution in [0.4, 0.5) is 0 Å². The fourth-order valence-electron chi connectivity index (χ4n) is 1.65. The normalized spacial score (nSPS) is 43.9. The minimum Gasteiger partial charge on any atom is -0.302 e. The van der Waals surface area contributed by atoms with Crippen LogP contribution in [0.25, 0.3) is 0 Å². The van der Waals surface area contributed by atoms with E-state index < -0.39 is 0 Å². The molecule has 0 aromatic heterocycles. The SMILES string of the molecule is CC1CC=CC(C)(C=O)C1C. The Morgan fingerprint density at radius 2 is 2.18 bits per heavy atom. The second-order valence-electron chi connectivity index (χ2n) is 3.89. The van der Waals surface area contributed by atoms with Gasteiger partial charge < -0.3 is 4.79 Å². The minimum absolute atomic E-state index is 0.211. The molecule has 0 spiro atoms. The van der Waals surface area contributed by atoms with Crippen LogP contribution in [0, 0.1) is 17.3 Å². The smallest absolute Gasteiger partial charge is 0.129 e. The molecule has 0 heterocycles. The quantitative estimate of drug-likeness (QED) is 0.416. The second-order valence-corrected chi connectivity index (χ2v) is 3.89. The van der Waals surface area contributed by atoms with Gasteiger partial charge in [-0.2, -0.15) is 0 Å². The summed E-state index contributed by atoms with van der Waals surface area (Å²) in [4.78, 5) is 10.8. The summed E-state index contributed by atoms with van der Waals surface area (Å²) in [5.74, 6) is 1.11. The molecule has 1 heteroatoms. The molecule has 11 heavy (non-hydrogen) atoms. The second kappa shape index (κ2) is 2.80. The zero-order valence-electron chi connectivity index (χ0n) is 7.50. The Hall–Kier alpha value is -0.590. The Labute approximate surface area is 68.5 Å². The van der Waals surface area contributed by atoms with E-state index in [2.05, 4.69) is 19.9 Å². The third-order valence-corrected chi connectivity index (χ3v) is 3.07. The van der Waals surface area contributed by atoms with Crippen molar-refractivity contribution < 1.29 is 4.79 Å². The van der Waals surface area contributed by atoms with Crippen molar-refractivity contribution in [1.82, 2.24) is 0 Å². The first-order valence-corrected chi connectivity index (χ1v) is 4.24. The van der Waals surface area contributed by atoms with Crippen LogP contribution >= 0.6 is 0 Å². The third kappa shape index (κ3) is 1.37. The molecule has 0 saturated heterocycles. The summed E-state index contributed by atoms with van der Waals surface area (Å²) in [6.45, 7) is 6.37. The van der Waals surface area contributed by atoms with Gasteiger partial charge in [-0.3, -0.25) is 0 Å². The van der Waals surface area contributed by atoms with Gasteiger partial charge in [-0.1, -0.05) is 26.0 Å². The Morgan fingerprint density at radius 1 is 1.55 bits per heavy atom. The summed E-state index contributed by atoms with van der Waals surface area (Å²) in [7, 11) is 0. The molecule has 3 atom stereocenters. The Kier molecular flexibility index (Phi) is 2.17. The number of aldehydes is 1. The van der Waals surface area contributed by atoms with Crippen LogP contribution in [0.15, 0.2) is 12.2 Å². The molecule has 1 aliphatic carbocycles. The van der Waals surface area contributed by atoms with Crippen LogP contribution in [-0.2, 0) is 4.79 Å². The van der Waals surface area contributed by atoms with Crippen LogP contribution in [0.3, 0.4) is 0 Å². The maximum Gasteiger partial charge on any atom is 0.129 e. The first-order valence-electron chi connectivity index (χ1n) is 4.24. The van der Waals surface area contributed by atoms with E-state index in [0.29, 0.717) is 11.8 Å². The molecule has 0 bridgehead atoms. The van der Waals surface area contributed by atoms with Gasteiger partial charge in [0.2, 0.25) is 0 Å². The largest absolute Gasteiger partial charge is 0.302 e. The number of carbonyl (C=O) groups is 1. The molecule has 0 fully saturated rings. The van der Waals surface area contributed by atoms with Gasteiger partial charge in [-0.05, 0) is 25.2 Å². The monoisotopic (exact) mass is 152 g/mol. The van der Waals surface area contributed by atoms with Gasteiger partial charge in [0.1, 0.15) is 6.29 Å². The van der Waals surface area contributed by atoms with Gasteiger partial charge in [0, 0.05) is 5.41 Å². The van der Waals surface area contributed by atoms with Crippen molar-refractivity contribution in [3.8, 4) is 0 Å². The molecule has 1 nitrogen and oxygen atoms in total. The lowest BCUT2D eigenvalue weighted by Gasteiger charge is -2.35. The van der Waals surface area contributed by atoms with E-state index >= 15 is 0 Å². The highest BCUT2D eigenvalue weighted by molar-refractivity contribution is 5.63. The Balaban J connectivity index is 2.87. The highest BCUT2D eigenvalue weighted by Crippen LogP contribution is 2.37. The van der Waals surface area contributed by atoms with Crippen molar-refractivity contribution >= 4 is 6.29 Å². The number of carbonyl (C=O) groups excluding carboxylic acids is 1. The van der Waals surface area contributed by atoms with Crippen LogP contribution in [0.2, 0.25) is 0 Å². The first-order chi connectivity index (χ1) is 5.10. The van der Waals surface area contributed by atoms with Crippen LogP contribution in [0.1, 0.15) is 27.2 Å². The third-order valence-electron chi connectivity index (χ3n) is 3.07. The average molecular weight is 152 g/mol. The van der Waals surface area contributed by atoms with E-state index in [-0.39, 0.29) is 5.41 Å². The molecule has 0 N–H and O–H groups in total. The van der Waals surface area contributed by atoms with Gasteiger partial charge >= 0.3 is 0 Å². The zero-order valence-corrected chi connectivity index (χ0v) is 7.50. The fourth-order valence-corrected chi connectivity index (χ4v) is 1.65. The lowest BCUT2D eigenvalue weighted by atomic mass is 9.69. The molecule has 0 aromatic carbocycles. The Morgan fingerprint density at radius 3 is 2.64 bits per heavy atom. The van der Waals surface area contributed by atoms with Gasteiger partial charge in [0.05, 0.1) is 0 Å². The molecular weight excluding hydrogens is 136 g/mol. The molecule has 0 aliphatic heterocycles. The van der Waals surface area contributed by atoms with Crippen molar-refractivity contribution in [2.75, 3.05) is 0 Å². The van der Waals surface area contributed by atoms with Gasteiger partial charge in [-0.15, -0.1) is 0 Å². The van der Waals surface area contributed by atoms with E-state index in [1.54, 1.807) is 0 Å². The number of rotatable bonds is 1. The number of allylic oxidation sites excluding steroid dienone is 2. The highest BCUT2D eigenvalue weighted by atomic mass is 16.1. The van der Waals surface area contributed by atoms with Gasteiger partial charge in [0.25, 0.3) is 0 Å². The standard InChI is InChI=1S/C10H16O/c1-8-5-4-6-10(3,7-11)9(8)2/h4,6-9H,5H2,1-3H3. The molecule has 0 aromatic rings. The summed E-state index contributed by atoms with van der Waals surface area (Å²) in [6, 6.07) is 0. The van der Waals surface area contributed by atoms with Gasteiger partial charge in [-0.25, -0.2) is 0 Å². The van der Waals surface area contributed by atoms with Crippen LogP contribution < -0.4 is 0 Å². The van der Waals surface area contributed by atoms with E-state index in [1.807, 2.05) is 13.0 Å². The van der Waals surface area contributed by atoms with Crippen molar-refractivity contribution in [2.45, 2.75) is 27.2 Å². The molecular formula is C10H16O.